The molecule has 0 saturated carbocycles. The van der Waals surface area contributed by atoms with Crippen LogP contribution >= 0.6 is 0 Å². The minimum Gasteiger partial charge on any atom is -0.377 e. The van der Waals surface area contributed by atoms with Crippen LogP contribution in [0.1, 0.15) is 12.5 Å². The third kappa shape index (κ3) is 3.33. The number of hydrogen-bond donors (Lipinski definition) is 1. The Morgan fingerprint density at radius 3 is 2.88 bits per heavy atom. The van der Waals surface area contributed by atoms with E-state index in [1.807, 2.05) is 31.2 Å². The van der Waals surface area contributed by atoms with Gasteiger partial charge >= 0.3 is 0 Å². The SMILES string of the molecule is CCOCc1cccc(Nc2ccc([N+](=O)[O-])c3cnccc23)c1. The Bertz CT molecular complexity index is 880. The van der Waals surface area contributed by atoms with Crippen molar-refractivity contribution < 1.29 is 9.66 Å². The van der Waals surface area contributed by atoms with Crippen molar-refractivity contribution in [2.24, 2.45) is 0 Å². The van der Waals surface area contributed by atoms with Gasteiger partial charge in [-0.05, 0) is 36.8 Å². The lowest BCUT2D eigenvalue weighted by atomic mass is 10.1. The van der Waals surface area contributed by atoms with Gasteiger partial charge in [0.1, 0.15) is 0 Å². The number of nitrogens with zero attached hydrogens (tertiary/aromatic N) is 2. The van der Waals surface area contributed by atoms with Gasteiger partial charge in [0.2, 0.25) is 0 Å². The minimum absolute atomic E-state index is 0.0498. The lowest BCUT2D eigenvalue weighted by Crippen LogP contribution is -1.97. The summed E-state index contributed by atoms with van der Waals surface area (Å²) in [5, 5.41) is 15.8. The normalized spacial score (nSPS) is 10.7. The summed E-state index contributed by atoms with van der Waals surface area (Å²) < 4.78 is 5.43. The molecule has 122 valence electrons. The van der Waals surface area contributed by atoms with E-state index >= 15 is 0 Å². The van der Waals surface area contributed by atoms with E-state index in [0.29, 0.717) is 18.6 Å². The highest BCUT2D eigenvalue weighted by atomic mass is 16.6. The van der Waals surface area contributed by atoms with Crippen molar-refractivity contribution in [2.45, 2.75) is 13.5 Å². The van der Waals surface area contributed by atoms with Gasteiger partial charge in [-0.2, -0.15) is 0 Å². The first-order valence-electron chi connectivity index (χ1n) is 7.64. The zero-order chi connectivity index (χ0) is 16.9. The van der Waals surface area contributed by atoms with Gasteiger partial charge in [-0.3, -0.25) is 15.1 Å². The van der Waals surface area contributed by atoms with Crippen LogP contribution in [0.4, 0.5) is 17.1 Å². The molecular formula is C18H17N3O3. The molecule has 1 heterocycles. The first-order valence-corrected chi connectivity index (χ1v) is 7.64. The van der Waals surface area contributed by atoms with Gasteiger partial charge in [-0.25, -0.2) is 0 Å². The Kier molecular flexibility index (Phi) is 4.67. The van der Waals surface area contributed by atoms with Crippen LogP contribution in [0.5, 0.6) is 0 Å². The summed E-state index contributed by atoms with van der Waals surface area (Å²) in [4.78, 5) is 14.8. The zero-order valence-electron chi connectivity index (χ0n) is 13.2. The van der Waals surface area contributed by atoms with E-state index in [0.717, 1.165) is 22.3 Å². The molecule has 6 heteroatoms. The number of fused-ring (bicyclic) bond motifs is 1. The standard InChI is InChI=1S/C18H17N3O3/c1-2-24-12-13-4-3-5-14(10-13)20-17-6-7-18(21(22)23)16-11-19-9-8-15(16)17/h3-11,20H,2,12H2,1H3. The van der Waals surface area contributed by atoms with Crippen LogP contribution in [0.25, 0.3) is 10.8 Å². The minimum atomic E-state index is -0.392. The smallest absolute Gasteiger partial charge is 0.278 e. The van der Waals surface area contributed by atoms with Crippen molar-refractivity contribution >= 4 is 27.8 Å². The van der Waals surface area contributed by atoms with Crippen LogP contribution in [0.2, 0.25) is 0 Å². The third-order valence-corrected chi connectivity index (χ3v) is 3.67. The molecule has 0 unspecified atom stereocenters. The predicted octanol–water partition coefficient (Wildman–Crippen LogP) is 4.42. The van der Waals surface area contributed by atoms with E-state index in [1.54, 1.807) is 18.3 Å². The Labute approximate surface area is 139 Å². The number of ether oxygens (including phenoxy) is 1. The fourth-order valence-corrected chi connectivity index (χ4v) is 2.56. The van der Waals surface area contributed by atoms with E-state index < -0.39 is 4.92 Å². The molecule has 6 nitrogen and oxygen atoms in total. The van der Waals surface area contributed by atoms with Gasteiger partial charge in [0.15, 0.2) is 0 Å². The topological polar surface area (TPSA) is 77.3 Å². The van der Waals surface area contributed by atoms with E-state index in [9.17, 15) is 10.1 Å². The average molecular weight is 323 g/mol. The molecule has 0 bridgehead atoms. The summed E-state index contributed by atoms with van der Waals surface area (Å²) in [7, 11) is 0. The fourth-order valence-electron chi connectivity index (χ4n) is 2.56. The fraction of sp³-hybridized carbons (Fsp3) is 0.167. The Morgan fingerprint density at radius 2 is 2.08 bits per heavy atom. The van der Waals surface area contributed by atoms with Crippen LogP contribution in [0.3, 0.4) is 0 Å². The highest BCUT2D eigenvalue weighted by Gasteiger charge is 2.14. The molecule has 24 heavy (non-hydrogen) atoms. The predicted molar refractivity (Wildman–Crippen MR) is 93.5 cm³/mol. The van der Waals surface area contributed by atoms with Gasteiger partial charge in [0.05, 0.1) is 16.9 Å². The molecule has 0 spiro atoms. The quantitative estimate of drug-likeness (QED) is 0.536. The molecule has 0 atom stereocenters. The van der Waals surface area contributed by atoms with E-state index in [4.69, 9.17) is 4.74 Å². The number of aromatic nitrogens is 1. The third-order valence-electron chi connectivity index (χ3n) is 3.67. The summed E-state index contributed by atoms with van der Waals surface area (Å²) >= 11 is 0. The van der Waals surface area contributed by atoms with Crippen LogP contribution < -0.4 is 5.32 Å². The molecule has 0 aliphatic heterocycles. The molecule has 0 aliphatic rings. The number of nitro benzene ring substituents is 1. The lowest BCUT2D eigenvalue weighted by Gasteiger charge is -2.11. The van der Waals surface area contributed by atoms with Crippen molar-refractivity contribution in [1.82, 2.24) is 4.98 Å². The summed E-state index contributed by atoms with van der Waals surface area (Å²) in [6.45, 7) is 3.17. The second kappa shape index (κ2) is 7.06. The van der Waals surface area contributed by atoms with Crippen LogP contribution in [0, 0.1) is 10.1 Å². The summed E-state index contributed by atoms with van der Waals surface area (Å²) in [6, 6.07) is 12.9. The van der Waals surface area contributed by atoms with Gasteiger partial charge in [0.25, 0.3) is 5.69 Å². The average Bonchev–Trinajstić information content (AvgIpc) is 2.60. The maximum absolute atomic E-state index is 11.2. The van der Waals surface area contributed by atoms with Gasteiger partial charge in [0, 0.05) is 41.8 Å². The van der Waals surface area contributed by atoms with Crippen LogP contribution in [0.15, 0.2) is 54.9 Å². The maximum Gasteiger partial charge on any atom is 0.278 e. The molecular weight excluding hydrogens is 306 g/mol. The van der Waals surface area contributed by atoms with E-state index in [-0.39, 0.29) is 5.69 Å². The largest absolute Gasteiger partial charge is 0.377 e. The molecule has 2 aromatic carbocycles. The molecule has 1 aromatic heterocycles. The van der Waals surface area contributed by atoms with E-state index in [2.05, 4.69) is 10.3 Å². The number of non-ortho nitro benzene ring substituents is 1. The lowest BCUT2D eigenvalue weighted by molar-refractivity contribution is -0.383. The zero-order valence-corrected chi connectivity index (χ0v) is 13.2. The Morgan fingerprint density at radius 1 is 1.21 bits per heavy atom. The maximum atomic E-state index is 11.2. The second-order valence-electron chi connectivity index (χ2n) is 5.27. The van der Waals surface area contributed by atoms with Crippen molar-refractivity contribution in [3.8, 4) is 0 Å². The van der Waals surface area contributed by atoms with Gasteiger partial charge in [-0.15, -0.1) is 0 Å². The highest BCUT2D eigenvalue weighted by Crippen LogP contribution is 2.32. The van der Waals surface area contributed by atoms with Crippen molar-refractivity contribution in [2.75, 3.05) is 11.9 Å². The second-order valence-corrected chi connectivity index (χ2v) is 5.27. The number of pyridine rings is 1. The molecule has 0 amide bonds. The number of rotatable bonds is 6. The van der Waals surface area contributed by atoms with E-state index in [1.165, 1.54) is 12.3 Å². The van der Waals surface area contributed by atoms with Crippen molar-refractivity contribution in [3.05, 3.63) is 70.5 Å². The van der Waals surface area contributed by atoms with Gasteiger partial charge < -0.3 is 10.1 Å². The summed E-state index contributed by atoms with van der Waals surface area (Å²) in [6.07, 6.45) is 3.15. The Balaban J connectivity index is 1.96. The Hall–Kier alpha value is -2.99. The number of anilines is 2. The monoisotopic (exact) mass is 323 g/mol. The molecule has 0 saturated heterocycles. The first-order chi connectivity index (χ1) is 11.7. The number of benzene rings is 2. The molecule has 3 rings (SSSR count). The highest BCUT2D eigenvalue weighted by molar-refractivity contribution is 6.00. The number of nitro groups is 1. The van der Waals surface area contributed by atoms with Crippen LogP contribution in [-0.2, 0) is 11.3 Å². The number of nitrogens with one attached hydrogen (secondary N) is 1. The van der Waals surface area contributed by atoms with Crippen LogP contribution in [-0.4, -0.2) is 16.5 Å². The number of hydrogen-bond acceptors (Lipinski definition) is 5. The first kappa shape index (κ1) is 15.9. The van der Waals surface area contributed by atoms with Crippen molar-refractivity contribution in [3.63, 3.8) is 0 Å². The molecule has 0 aliphatic carbocycles. The molecule has 0 fully saturated rings. The molecule has 1 N–H and O–H groups in total. The molecule has 3 aromatic rings. The summed E-state index contributed by atoms with van der Waals surface area (Å²) in [5.74, 6) is 0. The summed E-state index contributed by atoms with van der Waals surface area (Å²) in [5.41, 5.74) is 2.81. The van der Waals surface area contributed by atoms with Crippen molar-refractivity contribution in [1.29, 1.82) is 0 Å². The van der Waals surface area contributed by atoms with Gasteiger partial charge in [-0.1, -0.05) is 12.1 Å². The molecule has 0 radical (unpaired) electrons.